The van der Waals surface area contributed by atoms with E-state index >= 15 is 0 Å². The van der Waals surface area contributed by atoms with Crippen molar-refractivity contribution in [3.05, 3.63) is 29.6 Å². The Hall–Kier alpha value is -1.53. The first-order chi connectivity index (χ1) is 13.5. The molecule has 4 rings (SSSR count). The Balaban J connectivity index is 1.63. The lowest BCUT2D eigenvalue weighted by Gasteiger charge is -2.51. The van der Waals surface area contributed by atoms with E-state index in [4.69, 9.17) is 10.00 Å². The van der Waals surface area contributed by atoms with Crippen LogP contribution in [0, 0.1) is 17.1 Å². The van der Waals surface area contributed by atoms with Gasteiger partial charge in [0.05, 0.1) is 22.7 Å². The lowest BCUT2D eigenvalue weighted by molar-refractivity contribution is -0.149. The van der Waals surface area contributed by atoms with Crippen molar-refractivity contribution in [1.82, 2.24) is 9.21 Å². The van der Waals surface area contributed by atoms with Crippen LogP contribution in [-0.2, 0) is 14.8 Å². The van der Waals surface area contributed by atoms with Gasteiger partial charge in [0.25, 0.3) is 0 Å². The van der Waals surface area contributed by atoms with Crippen LogP contribution in [0.3, 0.4) is 0 Å². The van der Waals surface area contributed by atoms with E-state index in [0.29, 0.717) is 13.2 Å². The summed E-state index contributed by atoms with van der Waals surface area (Å²) in [5.41, 5.74) is -0.733. The molecule has 0 N–H and O–H groups in total. The van der Waals surface area contributed by atoms with Gasteiger partial charge >= 0.3 is 0 Å². The fraction of sp³-hybridized carbons (Fsp3) is 0.650. The number of likely N-dealkylation sites (tertiary alicyclic amines) is 1. The summed E-state index contributed by atoms with van der Waals surface area (Å²) in [5.74, 6) is -0.707. The maximum Gasteiger partial charge on any atom is 0.243 e. The predicted molar refractivity (Wildman–Crippen MR) is 102 cm³/mol. The third kappa shape index (κ3) is 3.45. The minimum absolute atomic E-state index is 0.0315. The van der Waals surface area contributed by atoms with Gasteiger partial charge in [0, 0.05) is 19.1 Å². The second kappa shape index (κ2) is 7.71. The van der Waals surface area contributed by atoms with Gasteiger partial charge in [0.2, 0.25) is 10.0 Å². The Kier molecular flexibility index (Phi) is 5.45. The van der Waals surface area contributed by atoms with Gasteiger partial charge in [-0.3, -0.25) is 4.90 Å². The summed E-state index contributed by atoms with van der Waals surface area (Å²) < 4.78 is 47.9. The maximum absolute atomic E-state index is 13.7. The van der Waals surface area contributed by atoms with E-state index in [0.717, 1.165) is 50.9 Å². The highest BCUT2D eigenvalue weighted by molar-refractivity contribution is 7.89. The van der Waals surface area contributed by atoms with Crippen molar-refractivity contribution in [3.63, 3.8) is 0 Å². The number of sulfonamides is 1. The molecule has 0 amide bonds. The van der Waals surface area contributed by atoms with Crippen molar-refractivity contribution in [3.8, 4) is 6.07 Å². The summed E-state index contributed by atoms with van der Waals surface area (Å²) in [5, 5.41) is 9.05. The fourth-order valence-electron chi connectivity index (χ4n) is 4.99. The van der Waals surface area contributed by atoms with Gasteiger partial charge < -0.3 is 4.74 Å². The highest BCUT2D eigenvalue weighted by Gasteiger charge is 2.50. The highest BCUT2D eigenvalue weighted by Crippen LogP contribution is 2.40. The molecule has 1 aliphatic carbocycles. The molecule has 28 heavy (non-hydrogen) atoms. The molecule has 0 radical (unpaired) electrons. The van der Waals surface area contributed by atoms with E-state index in [1.807, 2.05) is 0 Å². The van der Waals surface area contributed by atoms with Crippen molar-refractivity contribution in [2.45, 2.75) is 55.1 Å². The smallest absolute Gasteiger partial charge is 0.243 e. The van der Waals surface area contributed by atoms with Crippen LogP contribution >= 0.6 is 0 Å². The topological polar surface area (TPSA) is 73.6 Å². The van der Waals surface area contributed by atoms with Gasteiger partial charge in [-0.2, -0.15) is 9.57 Å². The molecule has 1 aromatic rings. The Morgan fingerprint density at radius 3 is 2.71 bits per heavy atom. The van der Waals surface area contributed by atoms with Crippen molar-refractivity contribution in [2.75, 3.05) is 32.8 Å². The molecule has 0 bridgehead atoms. The minimum Gasteiger partial charge on any atom is -0.371 e. The zero-order valence-corrected chi connectivity index (χ0v) is 16.8. The van der Waals surface area contributed by atoms with E-state index in [9.17, 15) is 12.8 Å². The van der Waals surface area contributed by atoms with Crippen LogP contribution in [0.4, 0.5) is 4.39 Å². The predicted octanol–water partition coefficient (Wildman–Crippen LogP) is 2.50. The van der Waals surface area contributed by atoms with E-state index < -0.39 is 21.4 Å². The maximum atomic E-state index is 13.7. The monoisotopic (exact) mass is 407 g/mol. The molecule has 0 aromatic heterocycles. The standard InChI is InChI=1S/C20H26FN3O3S/c21-18-7-6-17(13-16(18)14-22)28(25,26)24-11-12-27-20(15-24)8-2-1-5-19(20)23-9-3-4-10-23/h6-7,13,19H,1-5,8-12,15H2. The Labute approximate surface area is 165 Å². The number of nitrogens with zero attached hydrogens (tertiary/aromatic N) is 3. The summed E-state index contributed by atoms with van der Waals surface area (Å²) in [6, 6.07) is 5.39. The van der Waals surface area contributed by atoms with Gasteiger partial charge in [-0.1, -0.05) is 12.8 Å². The average molecular weight is 408 g/mol. The van der Waals surface area contributed by atoms with Gasteiger partial charge in [0.15, 0.2) is 0 Å². The number of hydrogen-bond donors (Lipinski definition) is 0. The van der Waals surface area contributed by atoms with Crippen molar-refractivity contribution in [2.24, 2.45) is 0 Å². The minimum atomic E-state index is -3.82. The molecule has 2 atom stereocenters. The van der Waals surface area contributed by atoms with Gasteiger partial charge in [0.1, 0.15) is 11.9 Å². The first-order valence-electron chi connectivity index (χ1n) is 10.0. The molecule has 1 saturated carbocycles. The van der Waals surface area contributed by atoms with Crippen LogP contribution in [0.5, 0.6) is 0 Å². The number of hydrogen-bond acceptors (Lipinski definition) is 5. The Morgan fingerprint density at radius 2 is 1.96 bits per heavy atom. The fourth-order valence-corrected chi connectivity index (χ4v) is 6.50. The summed E-state index contributed by atoms with van der Waals surface area (Å²) >= 11 is 0. The molecule has 1 spiro atoms. The lowest BCUT2D eigenvalue weighted by Crippen LogP contribution is -2.64. The summed E-state index contributed by atoms with van der Waals surface area (Å²) in [6.07, 6.45) is 6.42. The van der Waals surface area contributed by atoms with Crippen molar-refractivity contribution >= 4 is 10.0 Å². The normalized spacial score (nSPS) is 29.8. The number of nitriles is 1. The number of halogens is 1. The molecule has 2 saturated heterocycles. The number of benzene rings is 1. The van der Waals surface area contributed by atoms with Crippen LogP contribution in [0.15, 0.2) is 23.1 Å². The zero-order chi connectivity index (χ0) is 19.8. The molecule has 8 heteroatoms. The van der Waals surface area contributed by atoms with Crippen molar-refractivity contribution < 1.29 is 17.5 Å². The van der Waals surface area contributed by atoms with E-state index in [-0.39, 0.29) is 23.0 Å². The van der Waals surface area contributed by atoms with Gasteiger partial charge in [-0.05, 0) is 57.0 Å². The molecule has 2 heterocycles. The Bertz CT molecular complexity index is 875. The molecule has 3 aliphatic rings. The number of morpholine rings is 1. The van der Waals surface area contributed by atoms with Crippen LogP contribution in [0.1, 0.15) is 44.1 Å². The SMILES string of the molecule is N#Cc1cc(S(=O)(=O)N2CCOC3(CCCCC3N3CCCC3)C2)ccc1F. The second-order valence-corrected chi connectivity index (χ2v) is 9.95. The largest absolute Gasteiger partial charge is 0.371 e. The molecule has 2 aliphatic heterocycles. The summed E-state index contributed by atoms with van der Waals surface area (Å²) in [7, 11) is -3.82. The molecule has 1 aromatic carbocycles. The molecule has 152 valence electrons. The molecule has 6 nitrogen and oxygen atoms in total. The zero-order valence-electron chi connectivity index (χ0n) is 15.9. The van der Waals surface area contributed by atoms with Gasteiger partial charge in [-0.15, -0.1) is 0 Å². The van der Waals surface area contributed by atoms with Crippen LogP contribution < -0.4 is 0 Å². The lowest BCUT2D eigenvalue weighted by atomic mass is 9.78. The van der Waals surface area contributed by atoms with Crippen molar-refractivity contribution in [1.29, 1.82) is 5.26 Å². The third-order valence-electron chi connectivity index (χ3n) is 6.39. The van der Waals surface area contributed by atoms with Gasteiger partial charge in [-0.25, -0.2) is 12.8 Å². The molecule has 2 unspecified atom stereocenters. The van der Waals surface area contributed by atoms with E-state index in [1.54, 1.807) is 6.07 Å². The first-order valence-corrected chi connectivity index (χ1v) is 11.5. The number of ether oxygens (including phenoxy) is 1. The number of rotatable bonds is 3. The van der Waals surface area contributed by atoms with Crippen LogP contribution in [0.25, 0.3) is 0 Å². The third-order valence-corrected chi connectivity index (χ3v) is 8.23. The van der Waals surface area contributed by atoms with E-state index in [2.05, 4.69) is 4.90 Å². The molecular weight excluding hydrogens is 381 g/mol. The van der Waals surface area contributed by atoms with Crippen LogP contribution in [0.2, 0.25) is 0 Å². The molecular formula is C20H26FN3O3S. The summed E-state index contributed by atoms with van der Waals surface area (Å²) in [4.78, 5) is 2.44. The second-order valence-electron chi connectivity index (χ2n) is 8.01. The van der Waals surface area contributed by atoms with Crippen LogP contribution in [-0.4, -0.2) is 62.1 Å². The first kappa shape index (κ1) is 19.8. The Morgan fingerprint density at radius 1 is 1.18 bits per heavy atom. The summed E-state index contributed by atoms with van der Waals surface area (Å²) in [6.45, 7) is 3.04. The quantitative estimate of drug-likeness (QED) is 0.770. The van der Waals surface area contributed by atoms with E-state index in [1.165, 1.54) is 23.2 Å². The average Bonchev–Trinajstić information content (AvgIpc) is 3.23. The molecule has 3 fully saturated rings. The highest BCUT2D eigenvalue weighted by atomic mass is 32.2.